The van der Waals surface area contributed by atoms with E-state index in [1.807, 2.05) is 24.3 Å². The molecule has 216 valence electrons. The number of Topliss-reactive ketones (excluding diaryl/α,β-unsaturated/α-hetero) is 1. The van der Waals surface area contributed by atoms with E-state index in [1.165, 1.54) is 35.5 Å². The third kappa shape index (κ3) is 6.45. The molecule has 10 heteroatoms. The molecule has 1 aliphatic heterocycles. The lowest BCUT2D eigenvalue weighted by Crippen LogP contribution is -2.36. The van der Waals surface area contributed by atoms with E-state index in [9.17, 15) is 18.8 Å². The fraction of sp³-hybridized carbons (Fsp3) is 0.152. The summed E-state index contributed by atoms with van der Waals surface area (Å²) in [6.45, 7) is 0.113. The maximum atomic E-state index is 13.6. The van der Waals surface area contributed by atoms with Crippen molar-refractivity contribution < 1.29 is 28.2 Å². The first kappa shape index (κ1) is 28.2. The number of para-hydroxylation sites is 1. The van der Waals surface area contributed by atoms with Gasteiger partial charge in [-0.25, -0.2) is 9.37 Å². The maximum Gasteiger partial charge on any atom is 0.259 e. The second-order valence-corrected chi connectivity index (χ2v) is 11.1. The highest BCUT2D eigenvalue weighted by atomic mass is 32.1. The SMILES string of the molecule is COc1cccc(NC(=O)[C@H]2O[C@@H]2C(=O)N(Cc2ccc(F)cc2)c2ccc(C(=O)Cc3nc4ccccc4s3)cc2)c1. The molecule has 6 rings (SSSR count). The van der Waals surface area contributed by atoms with Gasteiger partial charge in [-0.1, -0.05) is 30.3 Å². The normalized spacial score (nSPS) is 15.6. The van der Waals surface area contributed by atoms with E-state index in [2.05, 4.69) is 10.3 Å². The topological polar surface area (TPSA) is 101 Å². The number of methoxy groups -OCH3 is 1. The van der Waals surface area contributed by atoms with Crippen LogP contribution in [0.25, 0.3) is 10.2 Å². The number of amides is 2. The van der Waals surface area contributed by atoms with Gasteiger partial charge in [0.1, 0.15) is 16.6 Å². The number of carbonyl (C=O) groups is 3. The Kier molecular flexibility index (Phi) is 7.95. The Morgan fingerprint density at radius 1 is 0.953 bits per heavy atom. The van der Waals surface area contributed by atoms with Crippen molar-refractivity contribution in [1.29, 1.82) is 0 Å². The van der Waals surface area contributed by atoms with Crippen LogP contribution in [0.1, 0.15) is 20.9 Å². The van der Waals surface area contributed by atoms with E-state index in [1.54, 1.807) is 60.7 Å². The molecule has 4 aromatic carbocycles. The third-order valence-electron chi connectivity index (χ3n) is 7.00. The van der Waals surface area contributed by atoms with Crippen LogP contribution in [-0.2, 0) is 27.3 Å². The highest BCUT2D eigenvalue weighted by Crippen LogP contribution is 2.30. The smallest absolute Gasteiger partial charge is 0.259 e. The van der Waals surface area contributed by atoms with Crippen LogP contribution in [0.2, 0.25) is 0 Å². The number of benzene rings is 4. The largest absolute Gasteiger partial charge is 0.497 e. The molecule has 1 fully saturated rings. The first-order valence-electron chi connectivity index (χ1n) is 13.5. The summed E-state index contributed by atoms with van der Waals surface area (Å²) in [6, 6.07) is 27.1. The lowest BCUT2D eigenvalue weighted by molar-refractivity contribution is -0.120. The van der Waals surface area contributed by atoms with Crippen LogP contribution >= 0.6 is 11.3 Å². The Labute approximate surface area is 250 Å². The molecule has 1 aliphatic rings. The second-order valence-electron chi connectivity index (χ2n) is 9.97. The third-order valence-corrected chi connectivity index (χ3v) is 8.04. The Balaban J connectivity index is 1.18. The minimum atomic E-state index is -0.994. The molecule has 0 saturated carbocycles. The van der Waals surface area contributed by atoms with E-state index in [0.717, 1.165) is 15.2 Å². The lowest BCUT2D eigenvalue weighted by Gasteiger charge is -2.23. The summed E-state index contributed by atoms with van der Waals surface area (Å²) >= 11 is 1.48. The number of halogens is 1. The van der Waals surface area contributed by atoms with Gasteiger partial charge in [0.25, 0.3) is 11.8 Å². The molecular formula is C33H26FN3O5S. The molecule has 0 radical (unpaired) electrons. The first-order valence-corrected chi connectivity index (χ1v) is 14.3. The fourth-order valence-corrected chi connectivity index (χ4v) is 5.66. The van der Waals surface area contributed by atoms with Gasteiger partial charge in [-0.05, 0) is 66.2 Å². The summed E-state index contributed by atoms with van der Waals surface area (Å²) in [5.41, 5.74) is 3.05. The Morgan fingerprint density at radius 2 is 1.72 bits per heavy atom. The van der Waals surface area contributed by atoms with Crippen LogP contribution in [0.15, 0.2) is 97.1 Å². The van der Waals surface area contributed by atoms with Gasteiger partial charge < -0.3 is 19.7 Å². The fourth-order valence-electron chi connectivity index (χ4n) is 4.70. The molecular weight excluding hydrogens is 569 g/mol. The summed E-state index contributed by atoms with van der Waals surface area (Å²) in [4.78, 5) is 45.5. The average molecular weight is 596 g/mol. The molecule has 0 spiro atoms. The number of hydrogen-bond donors (Lipinski definition) is 1. The summed E-state index contributed by atoms with van der Waals surface area (Å²) in [5, 5.41) is 3.48. The molecule has 1 saturated heterocycles. The number of aromatic nitrogens is 1. The number of carbonyl (C=O) groups excluding carboxylic acids is 3. The van der Waals surface area contributed by atoms with Crippen LogP contribution in [0, 0.1) is 5.82 Å². The quantitative estimate of drug-likeness (QED) is 0.162. The number of ether oxygens (including phenoxy) is 2. The molecule has 0 bridgehead atoms. The Hall–Kier alpha value is -4.93. The molecule has 2 heterocycles. The van der Waals surface area contributed by atoms with Crippen molar-refractivity contribution in [2.45, 2.75) is 25.2 Å². The van der Waals surface area contributed by atoms with E-state index < -0.39 is 29.8 Å². The first-order chi connectivity index (χ1) is 20.9. The molecule has 2 amide bonds. The van der Waals surface area contributed by atoms with Crippen LogP contribution in [0.4, 0.5) is 15.8 Å². The zero-order chi connectivity index (χ0) is 29.9. The molecule has 0 unspecified atom stereocenters. The van der Waals surface area contributed by atoms with Crippen LogP contribution < -0.4 is 15.0 Å². The number of epoxide rings is 1. The van der Waals surface area contributed by atoms with Crippen molar-refractivity contribution in [2.75, 3.05) is 17.3 Å². The van der Waals surface area contributed by atoms with E-state index in [0.29, 0.717) is 28.3 Å². The summed E-state index contributed by atoms with van der Waals surface area (Å²) in [5.74, 6) is -0.790. The summed E-state index contributed by atoms with van der Waals surface area (Å²) in [7, 11) is 1.53. The summed E-state index contributed by atoms with van der Waals surface area (Å²) < 4.78 is 25.3. The van der Waals surface area contributed by atoms with Crippen LogP contribution in [0.3, 0.4) is 0 Å². The van der Waals surface area contributed by atoms with Crippen molar-refractivity contribution in [2.24, 2.45) is 0 Å². The monoisotopic (exact) mass is 595 g/mol. The van der Waals surface area contributed by atoms with Gasteiger partial charge in [0.2, 0.25) is 0 Å². The number of nitrogens with zero attached hydrogens (tertiary/aromatic N) is 2. The molecule has 1 aromatic heterocycles. The van der Waals surface area contributed by atoms with Crippen molar-refractivity contribution in [3.8, 4) is 5.75 Å². The van der Waals surface area contributed by atoms with E-state index in [4.69, 9.17) is 9.47 Å². The predicted molar refractivity (Wildman–Crippen MR) is 162 cm³/mol. The van der Waals surface area contributed by atoms with Crippen molar-refractivity contribution in [3.63, 3.8) is 0 Å². The molecule has 8 nitrogen and oxygen atoms in total. The number of fused-ring (bicyclic) bond motifs is 1. The van der Waals surface area contributed by atoms with Gasteiger partial charge in [-0.2, -0.15) is 0 Å². The average Bonchev–Trinajstić information content (AvgIpc) is 3.73. The Morgan fingerprint density at radius 3 is 2.47 bits per heavy atom. The predicted octanol–water partition coefficient (Wildman–Crippen LogP) is 5.81. The van der Waals surface area contributed by atoms with Gasteiger partial charge in [0.15, 0.2) is 18.0 Å². The minimum Gasteiger partial charge on any atom is -0.497 e. The van der Waals surface area contributed by atoms with Crippen molar-refractivity contribution in [3.05, 3.63) is 119 Å². The van der Waals surface area contributed by atoms with Crippen LogP contribution in [0.5, 0.6) is 5.75 Å². The van der Waals surface area contributed by atoms with E-state index in [-0.39, 0.29) is 18.7 Å². The summed E-state index contributed by atoms with van der Waals surface area (Å²) in [6.07, 6.45) is -1.80. The van der Waals surface area contributed by atoms with Crippen molar-refractivity contribution in [1.82, 2.24) is 4.98 Å². The van der Waals surface area contributed by atoms with Gasteiger partial charge >= 0.3 is 0 Å². The number of anilines is 2. The molecule has 0 aliphatic carbocycles. The highest BCUT2D eigenvalue weighted by molar-refractivity contribution is 7.18. The molecule has 5 aromatic rings. The lowest BCUT2D eigenvalue weighted by atomic mass is 10.1. The second kappa shape index (κ2) is 12.1. The number of thiazole rings is 1. The zero-order valence-electron chi connectivity index (χ0n) is 23.0. The minimum absolute atomic E-state index is 0.0955. The van der Waals surface area contributed by atoms with Gasteiger partial charge in [0, 0.05) is 23.0 Å². The van der Waals surface area contributed by atoms with Crippen LogP contribution in [-0.4, -0.2) is 41.9 Å². The number of ketones is 1. The Bertz CT molecular complexity index is 1770. The molecule has 43 heavy (non-hydrogen) atoms. The number of hydrogen-bond acceptors (Lipinski definition) is 7. The van der Waals surface area contributed by atoms with Gasteiger partial charge in [-0.3, -0.25) is 14.4 Å². The maximum absolute atomic E-state index is 13.6. The standard InChI is InChI=1S/C33H26FN3O5S/c1-41-25-6-4-5-23(17-25)35-32(39)30-31(42-30)33(40)37(19-20-9-13-22(34)14-10-20)24-15-11-21(12-16-24)27(38)18-29-36-26-7-2-3-8-28(26)43-29/h2-17,30-31H,18-19H2,1H3,(H,35,39)/t30-,31-/m0/s1. The van der Waals surface area contributed by atoms with Gasteiger partial charge in [-0.15, -0.1) is 11.3 Å². The highest BCUT2D eigenvalue weighted by Gasteiger charge is 2.52. The van der Waals surface area contributed by atoms with Crippen molar-refractivity contribution >= 4 is 50.5 Å². The van der Waals surface area contributed by atoms with Gasteiger partial charge in [0.05, 0.1) is 30.3 Å². The molecule has 1 N–H and O–H groups in total. The number of rotatable bonds is 10. The molecule has 2 atom stereocenters. The zero-order valence-corrected chi connectivity index (χ0v) is 23.8. The number of nitrogens with one attached hydrogen (secondary N) is 1. The van der Waals surface area contributed by atoms with E-state index >= 15 is 0 Å².